The summed E-state index contributed by atoms with van der Waals surface area (Å²) in [6.45, 7) is 0. The van der Waals surface area contributed by atoms with E-state index in [1.54, 1.807) is 0 Å². The van der Waals surface area contributed by atoms with Crippen molar-refractivity contribution in [1.29, 1.82) is 0 Å². The number of thiol groups is 1. The SMILES string of the molecule is SS[SiH2]Oc1ccccc1. The highest BCUT2D eigenvalue weighted by atomic mass is 33.2. The zero-order chi connectivity index (χ0) is 7.23. The van der Waals surface area contributed by atoms with Crippen molar-refractivity contribution >= 4 is 30.8 Å². The minimum Gasteiger partial charge on any atom is -0.538 e. The summed E-state index contributed by atoms with van der Waals surface area (Å²) in [5.41, 5.74) is 0. The van der Waals surface area contributed by atoms with Crippen molar-refractivity contribution in [2.75, 3.05) is 0 Å². The van der Waals surface area contributed by atoms with E-state index in [0.29, 0.717) is 0 Å². The maximum absolute atomic E-state index is 5.38. The van der Waals surface area contributed by atoms with Crippen LogP contribution in [0, 0.1) is 0 Å². The van der Waals surface area contributed by atoms with Crippen molar-refractivity contribution in [2.24, 2.45) is 0 Å². The van der Waals surface area contributed by atoms with Gasteiger partial charge >= 0.3 is 0 Å². The van der Waals surface area contributed by atoms with Gasteiger partial charge in [-0.2, -0.15) is 0 Å². The number of hydrogen-bond donors (Lipinski definition) is 1. The summed E-state index contributed by atoms with van der Waals surface area (Å²) in [5, 5.41) is 0. The predicted molar refractivity (Wildman–Crippen MR) is 52.2 cm³/mol. The fraction of sp³-hybridized carbons (Fsp3) is 0. The Morgan fingerprint density at radius 2 is 2.00 bits per heavy atom. The molecule has 0 bridgehead atoms. The molecular weight excluding hydrogens is 180 g/mol. The van der Waals surface area contributed by atoms with E-state index in [-0.39, 0.29) is 0 Å². The van der Waals surface area contributed by atoms with Crippen LogP contribution in [0.5, 0.6) is 5.75 Å². The molecule has 0 atom stereocenters. The van der Waals surface area contributed by atoms with Gasteiger partial charge in [-0.1, -0.05) is 28.4 Å². The zero-order valence-corrected chi connectivity index (χ0v) is 8.48. The van der Waals surface area contributed by atoms with E-state index in [1.807, 2.05) is 30.3 Å². The Kier molecular flexibility index (Phi) is 3.78. The van der Waals surface area contributed by atoms with Gasteiger partial charge in [0, 0.05) is 0 Å². The van der Waals surface area contributed by atoms with Crippen LogP contribution in [-0.2, 0) is 0 Å². The smallest absolute Gasteiger partial charge is 0.291 e. The Labute approximate surface area is 71.6 Å². The van der Waals surface area contributed by atoms with Crippen LogP contribution in [0.25, 0.3) is 0 Å². The van der Waals surface area contributed by atoms with E-state index in [9.17, 15) is 0 Å². The van der Waals surface area contributed by atoms with Crippen molar-refractivity contribution in [3.05, 3.63) is 30.3 Å². The predicted octanol–water partition coefficient (Wildman–Crippen LogP) is 1.64. The van der Waals surface area contributed by atoms with E-state index in [0.717, 1.165) is 5.75 Å². The van der Waals surface area contributed by atoms with Gasteiger partial charge < -0.3 is 4.43 Å². The molecule has 1 rings (SSSR count). The minimum absolute atomic E-state index is 0.496. The first-order valence-corrected chi connectivity index (χ1v) is 7.22. The normalized spacial score (nSPS) is 10.5. The molecule has 10 heavy (non-hydrogen) atoms. The molecule has 0 saturated heterocycles. The van der Waals surface area contributed by atoms with Gasteiger partial charge in [0.25, 0.3) is 8.91 Å². The first-order valence-electron chi connectivity index (χ1n) is 2.87. The molecule has 1 aromatic carbocycles. The van der Waals surface area contributed by atoms with Crippen LogP contribution < -0.4 is 4.43 Å². The van der Waals surface area contributed by atoms with E-state index in [1.165, 1.54) is 10.2 Å². The summed E-state index contributed by atoms with van der Waals surface area (Å²) in [5.74, 6) is 0.954. The second-order valence-corrected chi connectivity index (χ2v) is 6.29. The Balaban J connectivity index is 2.43. The third kappa shape index (κ3) is 2.68. The molecule has 0 heterocycles. The molecule has 0 N–H and O–H groups in total. The highest BCUT2D eigenvalue weighted by molar-refractivity contribution is 8.78. The summed E-state index contributed by atoms with van der Waals surface area (Å²) in [6.07, 6.45) is 0. The van der Waals surface area contributed by atoms with Gasteiger partial charge in [-0.05, 0) is 12.1 Å². The quantitative estimate of drug-likeness (QED) is 0.439. The molecule has 0 aliphatic rings. The first kappa shape index (κ1) is 8.04. The zero-order valence-electron chi connectivity index (χ0n) is 5.36. The molecule has 0 fully saturated rings. The molecule has 0 unspecified atom stereocenters. The highest BCUT2D eigenvalue weighted by Gasteiger charge is 1.87. The molecule has 0 amide bonds. The minimum atomic E-state index is -0.496. The van der Waals surface area contributed by atoms with E-state index in [4.69, 9.17) is 4.43 Å². The van der Waals surface area contributed by atoms with E-state index < -0.39 is 8.91 Å². The Morgan fingerprint density at radius 3 is 2.60 bits per heavy atom. The third-order valence-electron chi connectivity index (χ3n) is 1.02. The lowest BCUT2D eigenvalue weighted by Gasteiger charge is -2.01. The highest BCUT2D eigenvalue weighted by Crippen LogP contribution is 2.10. The molecule has 0 radical (unpaired) electrons. The topological polar surface area (TPSA) is 9.23 Å². The molecule has 1 nitrogen and oxygen atoms in total. The van der Waals surface area contributed by atoms with Gasteiger partial charge in [-0.25, -0.2) is 0 Å². The standard InChI is InChI=1S/C6H8OS2Si/c8-9-10-7-6-4-2-1-3-5-6/h1-5,8H,10H2. The average Bonchev–Trinajstić information content (AvgIpc) is 2.03. The molecule has 4 heteroatoms. The molecule has 0 aromatic heterocycles. The van der Waals surface area contributed by atoms with Crippen molar-refractivity contribution in [3.63, 3.8) is 0 Å². The number of benzene rings is 1. The summed E-state index contributed by atoms with van der Waals surface area (Å²) in [6, 6.07) is 9.82. The molecule has 1 aromatic rings. The summed E-state index contributed by atoms with van der Waals surface area (Å²) in [4.78, 5) is 0. The molecule has 0 aliphatic carbocycles. The second kappa shape index (κ2) is 4.71. The summed E-state index contributed by atoms with van der Waals surface area (Å²) >= 11 is 4.00. The average molecular weight is 188 g/mol. The van der Waals surface area contributed by atoms with Crippen LogP contribution in [0.15, 0.2) is 30.3 Å². The third-order valence-corrected chi connectivity index (χ3v) is 3.20. The monoisotopic (exact) mass is 188 g/mol. The number of hydrogen-bond acceptors (Lipinski definition) is 3. The molecule has 0 spiro atoms. The maximum atomic E-state index is 5.38. The largest absolute Gasteiger partial charge is 0.538 e. The maximum Gasteiger partial charge on any atom is 0.291 e. The van der Waals surface area contributed by atoms with Gasteiger partial charge in [-0.15, -0.1) is 11.7 Å². The summed E-state index contributed by atoms with van der Waals surface area (Å²) < 4.78 is 5.38. The van der Waals surface area contributed by atoms with Gasteiger partial charge in [0.1, 0.15) is 5.75 Å². The van der Waals surface area contributed by atoms with Crippen LogP contribution in [0.3, 0.4) is 0 Å². The number of para-hydroxylation sites is 1. The van der Waals surface area contributed by atoms with E-state index in [2.05, 4.69) is 11.7 Å². The van der Waals surface area contributed by atoms with Crippen LogP contribution >= 0.6 is 21.9 Å². The molecule has 0 aliphatic heterocycles. The fourth-order valence-corrected chi connectivity index (χ4v) is 2.03. The van der Waals surface area contributed by atoms with Crippen LogP contribution in [-0.4, -0.2) is 8.91 Å². The van der Waals surface area contributed by atoms with Crippen LogP contribution in [0.2, 0.25) is 0 Å². The van der Waals surface area contributed by atoms with Crippen molar-refractivity contribution in [3.8, 4) is 5.75 Å². The lowest BCUT2D eigenvalue weighted by Crippen LogP contribution is -1.93. The molecule has 0 saturated carbocycles. The van der Waals surface area contributed by atoms with Gasteiger partial charge in [0.2, 0.25) is 0 Å². The second-order valence-electron chi connectivity index (χ2n) is 1.70. The Hall–Kier alpha value is -0.0631. The molecular formula is C6H8OS2Si. The lowest BCUT2D eigenvalue weighted by atomic mass is 10.3. The summed E-state index contributed by atoms with van der Waals surface area (Å²) in [7, 11) is 1.01. The van der Waals surface area contributed by atoms with Crippen molar-refractivity contribution in [1.82, 2.24) is 0 Å². The van der Waals surface area contributed by atoms with Gasteiger partial charge in [0.05, 0.1) is 0 Å². The van der Waals surface area contributed by atoms with Gasteiger partial charge in [0.15, 0.2) is 0 Å². The van der Waals surface area contributed by atoms with Crippen LogP contribution in [0.1, 0.15) is 0 Å². The van der Waals surface area contributed by atoms with E-state index >= 15 is 0 Å². The number of rotatable bonds is 3. The first-order chi connectivity index (χ1) is 4.93. The lowest BCUT2D eigenvalue weighted by molar-refractivity contribution is 0.611. The van der Waals surface area contributed by atoms with Crippen LogP contribution in [0.4, 0.5) is 0 Å². The van der Waals surface area contributed by atoms with Crippen molar-refractivity contribution < 1.29 is 4.43 Å². The van der Waals surface area contributed by atoms with Crippen molar-refractivity contribution in [2.45, 2.75) is 0 Å². The Bertz CT molecular complexity index is 180. The Morgan fingerprint density at radius 1 is 1.30 bits per heavy atom. The van der Waals surface area contributed by atoms with Gasteiger partial charge in [-0.3, -0.25) is 0 Å². The fourth-order valence-electron chi connectivity index (χ4n) is 0.611. The molecule has 54 valence electrons.